The van der Waals surface area contributed by atoms with Crippen LogP contribution < -0.4 is 3.78 Å². The fourth-order valence-electron chi connectivity index (χ4n) is 0.819. The van der Waals surface area contributed by atoms with Gasteiger partial charge < -0.3 is 0 Å². The Morgan fingerprint density at radius 3 is 2.27 bits per heavy atom. The number of aldehydes is 1. The molecule has 0 atom stereocenters. The van der Waals surface area contributed by atoms with E-state index in [1.54, 1.807) is 6.07 Å². The topological polar surface area (TPSA) is 30.2 Å². The van der Waals surface area contributed by atoms with E-state index in [1.165, 1.54) is 0 Å². The van der Waals surface area contributed by atoms with Crippen LogP contribution in [0.3, 0.4) is 0 Å². The van der Waals surface area contributed by atoms with Crippen LogP contribution in [0, 0.1) is 0 Å². The van der Waals surface area contributed by atoms with Crippen LogP contribution in [-0.2, 0) is 0 Å². The van der Waals surface area contributed by atoms with E-state index in [4.69, 9.17) is 4.42 Å². The molecule has 0 aromatic carbocycles. The first kappa shape index (κ1) is 8.84. The van der Waals surface area contributed by atoms with E-state index in [0.29, 0.717) is 5.76 Å². The Morgan fingerprint density at radius 2 is 2.00 bits per heavy atom. The molecule has 3 heteroatoms. The van der Waals surface area contributed by atoms with Gasteiger partial charge in [-0.3, -0.25) is 0 Å². The molecule has 0 spiro atoms. The quantitative estimate of drug-likeness (QED) is 0.596. The summed E-state index contributed by atoms with van der Waals surface area (Å²) in [5, 5.41) is 0. The van der Waals surface area contributed by atoms with Crippen molar-refractivity contribution in [1.29, 1.82) is 0 Å². The number of hydrogen-bond acceptors (Lipinski definition) is 2. The Bertz CT molecular complexity index is 257. The van der Waals surface area contributed by atoms with Crippen molar-refractivity contribution in [3.8, 4) is 0 Å². The zero-order chi connectivity index (χ0) is 8.48. The van der Waals surface area contributed by atoms with Crippen molar-refractivity contribution >= 4 is 28.4 Å². The van der Waals surface area contributed by atoms with Crippen molar-refractivity contribution in [2.45, 2.75) is 14.8 Å². The average molecular weight is 259 g/mol. The van der Waals surface area contributed by atoms with Crippen LogP contribution in [0.1, 0.15) is 10.6 Å². The summed E-state index contributed by atoms with van der Waals surface area (Å²) >= 11 is -2.04. The maximum absolute atomic E-state index is 10.3. The van der Waals surface area contributed by atoms with Gasteiger partial charge in [0.2, 0.25) is 0 Å². The number of carbonyl (C=O) groups is 1. The SMILES string of the molecule is [CH3][Sn]([CH3])([CH3])[c]1ccc(C=O)o1. The first-order valence-corrected chi connectivity index (χ1v) is 13.6. The van der Waals surface area contributed by atoms with Crippen LogP contribution in [0.5, 0.6) is 0 Å². The Labute approximate surface area is 70.5 Å². The van der Waals surface area contributed by atoms with Crippen LogP contribution in [0.15, 0.2) is 16.5 Å². The number of furan rings is 1. The number of hydrogen-bond donors (Lipinski definition) is 0. The molecule has 0 aliphatic rings. The van der Waals surface area contributed by atoms with Gasteiger partial charge in [0, 0.05) is 0 Å². The first-order chi connectivity index (χ1) is 5.04. The molecule has 60 valence electrons. The van der Waals surface area contributed by atoms with Gasteiger partial charge in [0.15, 0.2) is 0 Å². The molecular weight excluding hydrogens is 247 g/mol. The molecule has 0 radical (unpaired) electrons. The molecule has 0 N–H and O–H groups in total. The van der Waals surface area contributed by atoms with Gasteiger partial charge in [-0.25, -0.2) is 0 Å². The zero-order valence-electron chi connectivity index (χ0n) is 7.05. The van der Waals surface area contributed by atoms with E-state index >= 15 is 0 Å². The fourth-order valence-corrected chi connectivity index (χ4v) is 3.69. The van der Waals surface area contributed by atoms with E-state index in [1.807, 2.05) is 6.07 Å². The minimum absolute atomic E-state index is 0.451. The van der Waals surface area contributed by atoms with E-state index in [2.05, 4.69) is 14.8 Å². The molecule has 11 heavy (non-hydrogen) atoms. The molecule has 2 nitrogen and oxygen atoms in total. The summed E-state index contributed by atoms with van der Waals surface area (Å²) in [6, 6.07) is 3.67. The van der Waals surface area contributed by atoms with Crippen LogP contribution >= 0.6 is 0 Å². The third kappa shape index (κ3) is 2.09. The van der Waals surface area contributed by atoms with Gasteiger partial charge in [-0.15, -0.1) is 0 Å². The number of rotatable bonds is 2. The molecule has 1 heterocycles. The van der Waals surface area contributed by atoms with Crippen molar-refractivity contribution in [2.75, 3.05) is 0 Å². The summed E-state index contributed by atoms with van der Waals surface area (Å²) in [5.74, 6) is 0.451. The van der Waals surface area contributed by atoms with Gasteiger partial charge in [0.25, 0.3) is 0 Å². The van der Waals surface area contributed by atoms with E-state index in [0.717, 1.165) is 10.1 Å². The van der Waals surface area contributed by atoms with Gasteiger partial charge in [0.05, 0.1) is 0 Å². The fraction of sp³-hybridized carbons (Fsp3) is 0.375. The van der Waals surface area contributed by atoms with Gasteiger partial charge in [-0.2, -0.15) is 0 Å². The predicted octanol–water partition coefficient (Wildman–Crippen LogP) is 1.64. The van der Waals surface area contributed by atoms with Crippen molar-refractivity contribution in [3.63, 3.8) is 0 Å². The van der Waals surface area contributed by atoms with E-state index < -0.39 is 18.4 Å². The van der Waals surface area contributed by atoms with E-state index in [9.17, 15) is 4.79 Å². The van der Waals surface area contributed by atoms with Gasteiger partial charge >= 0.3 is 70.4 Å². The molecule has 0 bridgehead atoms. The van der Waals surface area contributed by atoms with Crippen LogP contribution in [0.25, 0.3) is 0 Å². The number of carbonyl (C=O) groups excluding carboxylic acids is 1. The van der Waals surface area contributed by atoms with Gasteiger partial charge in [-0.1, -0.05) is 0 Å². The minimum atomic E-state index is -2.04. The molecule has 0 fully saturated rings. The monoisotopic (exact) mass is 260 g/mol. The Kier molecular flexibility index (Phi) is 2.42. The third-order valence-electron chi connectivity index (χ3n) is 1.48. The molecular formula is C8H12O2Sn. The second-order valence-corrected chi connectivity index (χ2v) is 17.8. The molecule has 0 saturated heterocycles. The maximum atomic E-state index is 10.3. The summed E-state index contributed by atoms with van der Waals surface area (Å²) < 4.78 is 6.38. The molecule has 1 rings (SSSR count). The second-order valence-electron chi connectivity index (χ2n) is 3.57. The van der Waals surface area contributed by atoms with Crippen molar-refractivity contribution < 1.29 is 9.21 Å². The predicted molar refractivity (Wildman–Crippen MR) is 47.1 cm³/mol. The third-order valence-corrected chi connectivity index (χ3v) is 6.47. The van der Waals surface area contributed by atoms with Crippen molar-refractivity contribution in [1.82, 2.24) is 0 Å². The Hall–Kier alpha value is -0.251. The molecule has 1 aromatic rings. The zero-order valence-corrected chi connectivity index (χ0v) is 9.90. The van der Waals surface area contributed by atoms with Crippen molar-refractivity contribution in [3.05, 3.63) is 17.9 Å². The molecule has 0 aliphatic heterocycles. The van der Waals surface area contributed by atoms with Gasteiger partial charge in [0.1, 0.15) is 0 Å². The molecule has 0 aliphatic carbocycles. The first-order valence-electron chi connectivity index (χ1n) is 3.59. The summed E-state index contributed by atoms with van der Waals surface area (Å²) in [6.45, 7) is 0. The summed E-state index contributed by atoms with van der Waals surface area (Å²) in [6.07, 6.45) is 0.751. The van der Waals surface area contributed by atoms with Crippen LogP contribution in [0.4, 0.5) is 0 Å². The van der Waals surface area contributed by atoms with Crippen LogP contribution in [0.2, 0.25) is 14.8 Å². The second kappa shape index (κ2) is 3.01. The van der Waals surface area contributed by atoms with Crippen LogP contribution in [-0.4, -0.2) is 24.7 Å². The summed E-state index contributed by atoms with van der Waals surface area (Å²) in [7, 11) is 0. The Morgan fingerprint density at radius 1 is 1.36 bits per heavy atom. The Balaban J connectivity index is 2.98. The summed E-state index contributed by atoms with van der Waals surface area (Å²) in [4.78, 5) is 17.0. The standard InChI is InChI=1S/C5H3O2.3CH3.Sn/c6-4-5-2-1-3-7-5;;;;/h1-2,4H;3*1H3;. The average Bonchev–Trinajstić information content (AvgIpc) is 2.32. The molecule has 0 saturated carbocycles. The molecule has 0 unspecified atom stereocenters. The molecule has 1 aromatic heterocycles. The normalized spacial score (nSPS) is 11.5. The molecule has 0 amide bonds. The van der Waals surface area contributed by atoms with Gasteiger partial charge in [-0.05, 0) is 0 Å². The van der Waals surface area contributed by atoms with E-state index in [-0.39, 0.29) is 0 Å². The summed E-state index contributed by atoms with van der Waals surface area (Å²) in [5.41, 5.74) is 0. The van der Waals surface area contributed by atoms with Crippen molar-refractivity contribution in [2.24, 2.45) is 0 Å².